The van der Waals surface area contributed by atoms with Crippen molar-refractivity contribution in [2.75, 3.05) is 0 Å². The molecular weight excluding hydrogens is 256 g/mol. The van der Waals surface area contributed by atoms with Crippen LogP contribution in [0.4, 0.5) is 0 Å². The molecule has 0 aliphatic heterocycles. The third-order valence-corrected chi connectivity index (χ3v) is 5.72. The van der Waals surface area contributed by atoms with Gasteiger partial charge in [-0.3, -0.25) is 4.79 Å². The summed E-state index contributed by atoms with van der Waals surface area (Å²) in [6.07, 6.45) is 5.66. The first-order valence-electron chi connectivity index (χ1n) is 8.16. The van der Waals surface area contributed by atoms with Gasteiger partial charge < -0.3 is 0 Å². The number of ketones is 1. The van der Waals surface area contributed by atoms with Gasteiger partial charge in [0.05, 0.1) is 0 Å². The molecule has 1 saturated carbocycles. The standard InChI is InChI=1S/C20H22O/c1-20(2)12-4-7-17(20)19(21)16-11-10-14-9-8-13-5-3-6-15(16)18(13)14/h3,5-6,10-11,17H,4,7-9,12H2,1-2H3. The second-order valence-corrected chi connectivity index (χ2v) is 7.41. The van der Waals surface area contributed by atoms with Gasteiger partial charge in [-0.05, 0) is 53.0 Å². The van der Waals surface area contributed by atoms with E-state index in [2.05, 4.69) is 44.2 Å². The van der Waals surface area contributed by atoms with E-state index in [1.165, 1.54) is 34.7 Å². The van der Waals surface area contributed by atoms with Crippen LogP contribution in [0.15, 0.2) is 30.3 Å². The van der Waals surface area contributed by atoms with Crippen molar-refractivity contribution >= 4 is 16.6 Å². The Morgan fingerprint density at radius 3 is 2.57 bits per heavy atom. The minimum atomic E-state index is 0.153. The van der Waals surface area contributed by atoms with Crippen molar-refractivity contribution in [3.8, 4) is 0 Å². The number of aryl methyl sites for hydroxylation is 2. The van der Waals surface area contributed by atoms with Crippen molar-refractivity contribution in [1.29, 1.82) is 0 Å². The Hall–Kier alpha value is -1.63. The summed E-state index contributed by atoms with van der Waals surface area (Å²) in [6.45, 7) is 4.51. The molecule has 0 heterocycles. The molecule has 2 aliphatic rings. The average Bonchev–Trinajstić information content (AvgIpc) is 3.03. The van der Waals surface area contributed by atoms with Gasteiger partial charge in [-0.1, -0.05) is 50.6 Å². The number of Topliss-reactive ketones (excluding diaryl/α,β-unsaturated/α-hetero) is 1. The molecule has 1 atom stereocenters. The number of rotatable bonds is 2. The lowest BCUT2D eigenvalue weighted by atomic mass is 9.77. The molecule has 0 radical (unpaired) electrons. The summed E-state index contributed by atoms with van der Waals surface area (Å²) in [4.78, 5) is 13.1. The zero-order chi connectivity index (χ0) is 14.6. The molecule has 4 rings (SSSR count). The van der Waals surface area contributed by atoms with E-state index in [9.17, 15) is 4.79 Å². The van der Waals surface area contributed by atoms with Gasteiger partial charge in [0.1, 0.15) is 0 Å². The summed E-state index contributed by atoms with van der Waals surface area (Å²) in [5.74, 6) is 0.559. The highest BCUT2D eigenvalue weighted by Crippen LogP contribution is 2.45. The van der Waals surface area contributed by atoms with E-state index in [1.54, 1.807) is 0 Å². The van der Waals surface area contributed by atoms with Crippen LogP contribution in [-0.2, 0) is 12.8 Å². The Bertz CT molecular complexity index is 729. The van der Waals surface area contributed by atoms with E-state index in [-0.39, 0.29) is 11.3 Å². The smallest absolute Gasteiger partial charge is 0.167 e. The SMILES string of the molecule is CC1(C)CCCC1C(=O)c1ccc2c3c(cccc13)CC2. The summed E-state index contributed by atoms with van der Waals surface area (Å²) in [5.41, 5.74) is 3.95. The number of carbonyl (C=O) groups is 1. The van der Waals surface area contributed by atoms with Gasteiger partial charge in [0.2, 0.25) is 0 Å². The molecule has 0 aromatic heterocycles. The molecule has 2 aromatic rings. The van der Waals surface area contributed by atoms with Crippen LogP contribution in [0.3, 0.4) is 0 Å². The van der Waals surface area contributed by atoms with Crippen molar-refractivity contribution in [3.05, 3.63) is 47.0 Å². The van der Waals surface area contributed by atoms with E-state index in [0.29, 0.717) is 5.78 Å². The van der Waals surface area contributed by atoms with Crippen molar-refractivity contribution < 1.29 is 4.79 Å². The Labute approximate surface area is 126 Å². The van der Waals surface area contributed by atoms with Crippen LogP contribution in [0, 0.1) is 11.3 Å². The fourth-order valence-corrected chi connectivity index (χ4v) is 4.46. The van der Waals surface area contributed by atoms with Crippen molar-refractivity contribution in [3.63, 3.8) is 0 Å². The second kappa shape index (κ2) is 4.43. The minimum Gasteiger partial charge on any atom is -0.294 e. The van der Waals surface area contributed by atoms with Crippen LogP contribution >= 0.6 is 0 Å². The highest BCUT2D eigenvalue weighted by Gasteiger charge is 2.40. The summed E-state index contributed by atoms with van der Waals surface area (Å²) >= 11 is 0. The van der Waals surface area contributed by atoms with E-state index >= 15 is 0 Å². The maximum atomic E-state index is 13.1. The largest absolute Gasteiger partial charge is 0.294 e. The van der Waals surface area contributed by atoms with Crippen molar-refractivity contribution in [2.45, 2.75) is 46.0 Å². The van der Waals surface area contributed by atoms with Crippen LogP contribution in [0.1, 0.15) is 54.6 Å². The van der Waals surface area contributed by atoms with Crippen molar-refractivity contribution in [1.82, 2.24) is 0 Å². The molecule has 0 amide bonds. The monoisotopic (exact) mass is 278 g/mol. The molecule has 0 spiro atoms. The lowest BCUT2D eigenvalue weighted by Gasteiger charge is -2.26. The fraction of sp³-hybridized carbons (Fsp3) is 0.450. The third-order valence-electron chi connectivity index (χ3n) is 5.72. The maximum absolute atomic E-state index is 13.1. The molecule has 21 heavy (non-hydrogen) atoms. The number of hydrogen-bond donors (Lipinski definition) is 0. The average molecular weight is 278 g/mol. The quantitative estimate of drug-likeness (QED) is 0.710. The van der Waals surface area contributed by atoms with Crippen LogP contribution in [0.2, 0.25) is 0 Å². The topological polar surface area (TPSA) is 17.1 Å². The first-order valence-corrected chi connectivity index (χ1v) is 8.16. The highest BCUT2D eigenvalue weighted by atomic mass is 16.1. The summed E-state index contributed by atoms with van der Waals surface area (Å²) in [5, 5.41) is 2.55. The van der Waals surface area contributed by atoms with Crippen molar-refractivity contribution in [2.24, 2.45) is 11.3 Å². The minimum absolute atomic E-state index is 0.153. The Kier molecular flexibility index (Phi) is 2.76. The van der Waals surface area contributed by atoms with E-state index in [1.807, 2.05) is 0 Å². The molecule has 2 aromatic carbocycles. The summed E-state index contributed by atoms with van der Waals surface area (Å²) < 4.78 is 0. The number of carbonyl (C=O) groups excluding carboxylic acids is 1. The van der Waals surface area contributed by atoms with Crippen LogP contribution < -0.4 is 0 Å². The number of hydrogen-bond acceptors (Lipinski definition) is 1. The molecule has 1 heteroatoms. The fourth-order valence-electron chi connectivity index (χ4n) is 4.46. The highest BCUT2D eigenvalue weighted by molar-refractivity contribution is 6.11. The van der Waals surface area contributed by atoms with Gasteiger partial charge in [-0.15, -0.1) is 0 Å². The number of benzene rings is 2. The van der Waals surface area contributed by atoms with Gasteiger partial charge in [0.25, 0.3) is 0 Å². The first-order chi connectivity index (χ1) is 10.1. The molecule has 1 fully saturated rings. The predicted octanol–water partition coefficient (Wildman–Crippen LogP) is 4.95. The maximum Gasteiger partial charge on any atom is 0.167 e. The molecular formula is C20H22O. The van der Waals surface area contributed by atoms with Gasteiger partial charge in [0, 0.05) is 11.5 Å². The van der Waals surface area contributed by atoms with Gasteiger partial charge in [-0.25, -0.2) is 0 Å². The molecule has 2 aliphatic carbocycles. The normalized spacial score (nSPS) is 22.9. The first kappa shape index (κ1) is 13.1. The molecule has 0 saturated heterocycles. The predicted molar refractivity (Wildman–Crippen MR) is 86.8 cm³/mol. The van der Waals surface area contributed by atoms with Crippen LogP contribution in [0.25, 0.3) is 10.8 Å². The van der Waals surface area contributed by atoms with Gasteiger partial charge in [0.15, 0.2) is 5.78 Å². The Morgan fingerprint density at radius 2 is 1.86 bits per heavy atom. The van der Waals surface area contributed by atoms with E-state index in [4.69, 9.17) is 0 Å². The second-order valence-electron chi connectivity index (χ2n) is 7.41. The molecule has 0 bridgehead atoms. The van der Waals surface area contributed by atoms with E-state index in [0.717, 1.165) is 24.8 Å². The van der Waals surface area contributed by atoms with Gasteiger partial charge >= 0.3 is 0 Å². The third kappa shape index (κ3) is 1.87. The molecule has 1 unspecified atom stereocenters. The van der Waals surface area contributed by atoms with E-state index < -0.39 is 0 Å². The molecule has 0 N–H and O–H groups in total. The summed E-state index contributed by atoms with van der Waals surface area (Å²) in [6, 6.07) is 10.7. The van der Waals surface area contributed by atoms with Crippen LogP contribution in [-0.4, -0.2) is 5.78 Å². The lowest BCUT2D eigenvalue weighted by molar-refractivity contribution is 0.0841. The summed E-state index contributed by atoms with van der Waals surface area (Å²) in [7, 11) is 0. The Morgan fingerprint density at radius 1 is 1.10 bits per heavy atom. The van der Waals surface area contributed by atoms with Crippen LogP contribution in [0.5, 0.6) is 0 Å². The molecule has 108 valence electrons. The zero-order valence-electron chi connectivity index (χ0n) is 12.9. The van der Waals surface area contributed by atoms with Gasteiger partial charge in [-0.2, -0.15) is 0 Å². The lowest BCUT2D eigenvalue weighted by Crippen LogP contribution is -2.26. The zero-order valence-corrected chi connectivity index (χ0v) is 12.9. The molecule has 1 nitrogen and oxygen atoms in total. The Balaban J connectivity index is 1.87.